The molecule has 1 N–H and O–H groups in total. The standard InChI is InChI=1S/C17H12BrFN2O2/c18-12-6-7-14(13(19)9-12)21-16(22)10-23-15-5-1-3-11-4-2-8-20-17(11)15/h1-9H,10H2,(H,21,22). The lowest BCUT2D eigenvalue weighted by atomic mass is 10.2. The second-order valence-electron chi connectivity index (χ2n) is 4.79. The molecule has 0 bridgehead atoms. The Kier molecular flexibility index (Phi) is 4.52. The molecule has 0 spiro atoms. The summed E-state index contributed by atoms with van der Waals surface area (Å²) in [5.41, 5.74) is 0.787. The van der Waals surface area contributed by atoms with Gasteiger partial charge >= 0.3 is 0 Å². The predicted octanol–water partition coefficient (Wildman–Crippen LogP) is 4.15. The quantitative estimate of drug-likeness (QED) is 0.745. The minimum Gasteiger partial charge on any atom is -0.481 e. The molecule has 0 aliphatic carbocycles. The SMILES string of the molecule is O=C(COc1cccc2cccnc12)Nc1ccc(Br)cc1F. The van der Waals surface area contributed by atoms with Crippen molar-refractivity contribution in [3.63, 3.8) is 0 Å². The van der Waals surface area contributed by atoms with E-state index in [1.54, 1.807) is 18.3 Å². The lowest BCUT2D eigenvalue weighted by molar-refractivity contribution is -0.118. The van der Waals surface area contributed by atoms with Crippen LogP contribution in [0.2, 0.25) is 0 Å². The van der Waals surface area contributed by atoms with E-state index < -0.39 is 11.7 Å². The number of para-hydroxylation sites is 1. The van der Waals surface area contributed by atoms with E-state index in [-0.39, 0.29) is 12.3 Å². The van der Waals surface area contributed by atoms with E-state index in [1.165, 1.54) is 12.1 Å². The molecule has 4 nitrogen and oxygen atoms in total. The molecule has 2 aromatic carbocycles. The molecule has 0 saturated carbocycles. The summed E-state index contributed by atoms with van der Waals surface area (Å²) in [6.07, 6.45) is 1.66. The van der Waals surface area contributed by atoms with Crippen LogP contribution in [0.3, 0.4) is 0 Å². The van der Waals surface area contributed by atoms with Gasteiger partial charge in [0.15, 0.2) is 6.61 Å². The van der Waals surface area contributed by atoms with Gasteiger partial charge in [-0.25, -0.2) is 4.39 Å². The van der Waals surface area contributed by atoms with Crippen molar-refractivity contribution in [2.45, 2.75) is 0 Å². The largest absolute Gasteiger partial charge is 0.481 e. The number of fused-ring (bicyclic) bond motifs is 1. The second kappa shape index (κ2) is 6.75. The van der Waals surface area contributed by atoms with Crippen LogP contribution in [0.25, 0.3) is 10.9 Å². The summed E-state index contributed by atoms with van der Waals surface area (Å²) >= 11 is 3.16. The monoisotopic (exact) mass is 374 g/mol. The zero-order valence-electron chi connectivity index (χ0n) is 11.9. The van der Waals surface area contributed by atoms with Crippen molar-refractivity contribution in [2.24, 2.45) is 0 Å². The molecule has 23 heavy (non-hydrogen) atoms. The first-order valence-electron chi connectivity index (χ1n) is 6.85. The molecule has 0 fully saturated rings. The second-order valence-corrected chi connectivity index (χ2v) is 5.71. The van der Waals surface area contributed by atoms with Crippen LogP contribution in [-0.4, -0.2) is 17.5 Å². The molecule has 0 atom stereocenters. The van der Waals surface area contributed by atoms with E-state index >= 15 is 0 Å². The van der Waals surface area contributed by atoms with E-state index in [0.29, 0.717) is 15.7 Å². The number of anilines is 1. The predicted molar refractivity (Wildman–Crippen MR) is 90.0 cm³/mol. The lowest BCUT2D eigenvalue weighted by Gasteiger charge is -2.10. The number of hydrogen-bond donors (Lipinski definition) is 1. The Morgan fingerprint density at radius 3 is 2.87 bits per heavy atom. The molecule has 3 aromatic rings. The average molecular weight is 375 g/mol. The summed E-state index contributed by atoms with van der Waals surface area (Å²) in [7, 11) is 0. The molecular formula is C17H12BrFN2O2. The van der Waals surface area contributed by atoms with Crippen molar-refractivity contribution >= 4 is 38.4 Å². The van der Waals surface area contributed by atoms with E-state index in [2.05, 4.69) is 26.2 Å². The smallest absolute Gasteiger partial charge is 0.262 e. The number of halogens is 2. The Morgan fingerprint density at radius 2 is 2.04 bits per heavy atom. The van der Waals surface area contributed by atoms with Crippen LogP contribution in [0.5, 0.6) is 5.75 Å². The maximum atomic E-state index is 13.7. The topological polar surface area (TPSA) is 51.2 Å². The number of rotatable bonds is 4. The number of hydrogen-bond acceptors (Lipinski definition) is 3. The number of carbonyl (C=O) groups is 1. The fourth-order valence-electron chi connectivity index (χ4n) is 2.11. The number of nitrogens with one attached hydrogen (secondary N) is 1. The van der Waals surface area contributed by atoms with Gasteiger partial charge in [-0.15, -0.1) is 0 Å². The molecule has 0 unspecified atom stereocenters. The van der Waals surface area contributed by atoms with Gasteiger partial charge in [-0.3, -0.25) is 9.78 Å². The number of benzene rings is 2. The summed E-state index contributed by atoms with van der Waals surface area (Å²) in [5.74, 6) is -0.451. The first kappa shape index (κ1) is 15.4. The maximum absolute atomic E-state index is 13.7. The van der Waals surface area contributed by atoms with Crippen LogP contribution >= 0.6 is 15.9 Å². The van der Waals surface area contributed by atoms with Crippen molar-refractivity contribution < 1.29 is 13.9 Å². The van der Waals surface area contributed by atoms with Gasteiger partial charge in [0.2, 0.25) is 0 Å². The van der Waals surface area contributed by atoms with Crippen LogP contribution in [-0.2, 0) is 4.79 Å². The minimum atomic E-state index is -0.514. The fourth-order valence-corrected chi connectivity index (χ4v) is 2.45. The molecular weight excluding hydrogens is 363 g/mol. The van der Waals surface area contributed by atoms with Gasteiger partial charge in [-0.05, 0) is 30.3 Å². The zero-order valence-corrected chi connectivity index (χ0v) is 13.5. The number of pyridine rings is 1. The van der Waals surface area contributed by atoms with Gasteiger partial charge < -0.3 is 10.1 Å². The molecule has 6 heteroatoms. The van der Waals surface area contributed by atoms with Gasteiger partial charge in [0, 0.05) is 16.1 Å². The highest BCUT2D eigenvalue weighted by Gasteiger charge is 2.09. The summed E-state index contributed by atoms with van der Waals surface area (Å²) in [6.45, 7) is -0.231. The van der Waals surface area contributed by atoms with Gasteiger partial charge in [0.25, 0.3) is 5.91 Å². The van der Waals surface area contributed by atoms with Crippen LogP contribution in [0, 0.1) is 5.82 Å². The number of ether oxygens (including phenoxy) is 1. The summed E-state index contributed by atoms with van der Waals surface area (Å²) in [6, 6.07) is 13.6. The zero-order chi connectivity index (χ0) is 16.2. The molecule has 0 saturated heterocycles. The molecule has 1 aromatic heterocycles. The van der Waals surface area contributed by atoms with E-state index in [1.807, 2.05) is 24.3 Å². The summed E-state index contributed by atoms with van der Waals surface area (Å²) in [4.78, 5) is 16.2. The van der Waals surface area contributed by atoms with Gasteiger partial charge in [0.05, 0.1) is 5.69 Å². The minimum absolute atomic E-state index is 0.109. The highest BCUT2D eigenvalue weighted by molar-refractivity contribution is 9.10. The van der Waals surface area contributed by atoms with Crippen LogP contribution in [0.1, 0.15) is 0 Å². The van der Waals surface area contributed by atoms with Crippen LogP contribution in [0.15, 0.2) is 59.2 Å². The molecule has 0 radical (unpaired) electrons. The normalized spacial score (nSPS) is 10.5. The van der Waals surface area contributed by atoms with E-state index in [4.69, 9.17) is 4.74 Å². The van der Waals surface area contributed by atoms with E-state index in [0.717, 1.165) is 5.39 Å². The van der Waals surface area contributed by atoms with Crippen molar-refractivity contribution in [1.29, 1.82) is 0 Å². The average Bonchev–Trinajstić information content (AvgIpc) is 2.55. The Morgan fingerprint density at radius 1 is 1.22 bits per heavy atom. The van der Waals surface area contributed by atoms with Crippen molar-refractivity contribution in [3.8, 4) is 5.75 Å². The third-order valence-corrected chi connectivity index (χ3v) is 3.65. The molecule has 0 aliphatic heterocycles. The van der Waals surface area contributed by atoms with Crippen LogP contribution in [0.4, 0.5) is 10.1 Å². The van der Waals surface area contributed by atoms with Gasteiger partial charge in [0.1, 0.15) is 17.1 Å². The van der Waals surface area contributed by atoms with Crippen molar-refractivity contribution in [3.05, 3.63) is 65.0 Å². The molecule has 1 heterocycles. The first-order chi connectivity index (χ1) is 11.1. The Bertz CT molecular complexity index is 865. The Labute approximate surface area is 140 Å². The highest BCUT2D eigenvalue weighted by Crippen LogP contribution is 2.23. The number of aromatic nitrogens is 1. The maximum Gasteiger partial charge on any atom is 0.262 e. The van der Waals surface area contributed by atoms with Gasteiger partial charge in [-0.2, -0.15) is 0 Å². The van der Waals surface area contributed by atoms with Crippen molar-refractivity contribution in [2.75, 3.05) is 11.9 Å². The van der Waals surface area contributed by atoms with Crippen LogP contribution < -0.4 is 10.1 Å². The first-order valence-corrected chi connectivity index (χ1v) is 7.64. The molecule has 116 valence electrons. The van der Waals surface area contributed by atoms with Crippen molar-refractivity contribution in [1.82, 2.24) is 4.98 Å². The van der Waals surface area contributed by atoms with Gasteiger partial charge in [-0.1, -0.05) is 34.1 Å². The number of nitrogens with zero attached hydrogens (tertiary/aromatic N) is 1. The van der Waals surface area contributed by atoms with E-state index in [9.17, 15) is 9.18 Å². The fraction of sp³-hybridized carbons (Fsp3) is 0.0588. The third-order valence-electron chi connectivity index (χ3n) is 3.16. The Balaban J connectivity index is 1.69. The summed E-state index contributed by atoms with van der Waals surface area (Å²) < 4.78 is 19.8. The summed E-state index contributed by atoms with van der Waals surface area (Å²) in [5, 5.41) is 3.40. The molecule has 1 amide bonds. The number of amides is 1. The molecule has 3 rings (SSSR count). The molecule has 0 aliphatic rings. The lowest BCUT2D eigenvalue weighted by Crippen LogP contribution is -2.20. The highest BCUT2D eigenvalue weighted by atomic mass is 79.9. The Hall–Kier alpha value is -2.47. The number of carbonyl (C=O) groups excluding carboxylic acids is 1. The third kappa shape index (κ3) is 3.65.